The molecule has 6 heteroatoms. The third kappa shape index (κ3) is 3.24. The quantitative estimate of drug-likeness (QED) is 0.918. The standard InChI is InChI=1S/C20H22N2O4/c1-24-18-12-14(6-9-21-18)19(23)22-16-13-20(7-10-25-11-8-20)26-17-5-3-2-4-15(16)17/h2-6,9,12,16H,7-8,10-11,13H2,1H3,(H,22,23). The Labute approximate surface area is 152 Å². The number of amides is 1. The second kappa shape index (κ2) is 6.96. The van der Waals surface area contributed by atoms with Gasteiger partial charge in [-0.15, -0.1) is 0 Å². The van der Waals surface area contributed by atoms with Crippen LogP contribution in [0, 0.1) is 0 Å². The number of nitrogens with zero attached hydrogens (tertiary/aromatic N) is 1. The van der Waals surface area contributed by atoms with Crippen LogP contribution >= 0.6 is 0 Å². The molecule has 1 saturated heterocycles. The van der Waals surface area contributed by atoms with Crippen molar-refractivity contribution in [1.82, 2.24) is 10.3 Å². The Morgan fingerprint density at radius 3 is 2.88 bits per heavy atom. The Bertz CT molecular complexity index is 802. The molecule has 1 amide bonds. The predicted octanol–water partition coefficient (Wildman–Crippen LogP) is 2.89. The van der Waals surface area contributed by atoms with E-state index in [0.717, 1.165) is 30.6 Å². The van der Waals surface area contributed by atoms with Gasteiger partial charge in [-0.05, 0) is 12.1 Å². The van der Waals surface area contributed by atoms with Crippen molar-refractivity contribution in [2.45, 2.75) is 30.9 Å². The summed E-state index contributed by atoms with van der Waals surface area (Å²) < 4.78 is 17.0. The number of pyridine rings is 1. The molecule has 1 aromatic carbocycles. The van der Waals surface area contributed by atoms with Crippen molar-refractivity contribution in [3.05, 3.63) is 53.7 Å². The highest BCUT2D eigenvalue weighted by atomic mass is 16.5. The van der Waals surface area contributed by atoms with Gasteiger partial charge in [0.2, 0.25) is 5.88 Å². The summed E-state index contributed by atoms with van der Waals surface area (Å²) in [5.74, 6) is 1.12. The van der Waals surface area contributed by atoms with Crippen molar-refractivity contribution in [2.75, 3.05) is 20.3 Å². The van der Waals surface area contributed by atoms with Gasteiger partial charge in [0.1, 0.15) is 11.4 Å². The minimum atomic E-state index is -0.277. The van der Waals surface area contributed by atoms with Crippen LogP contribution in [0.5, 0.6) is 11.6 Å². The minimum absolute atomic E-state index is 0.107. The van der Waals surface area contributed by atoms with Gasteiger partial charge in [-0.1, -0.05) is 18.2 Å². The monoisotopic (exact) mass is 354 g/mol. The first kappa shape index (κ1) is 16.8. The molecule has 0 aliphatic carbocycles. The smallest absolute Gasteiger partial charge is 0.252 e. The summed E-state index contributed by atoms with van der Waals surface area (Å²) in [6.07, 6.45) is 3.97. The summed E-state index contributed by atoms with van der Waals surface area (Å²) in [5.41, 5.74) is 1.27. The molecule has 26 heavy (non-hydrogen) atoms. The zero-order valence-corrected chi connectivity index (χ0v) is 14.7. The number of rotatable bonds is 3. The van der Waals surface area contributed by atoms with Gasteiger partial charge in [0.15, 0.2) is 0 Å². The second-order valence-electron chi connectivity index (χ2n) is 6.75. The van der Waals surface area contributed by atoms with Crippen molar-refractivity contribution >= 4 is 5.91 Å². The molecular formula is C20H22N2O4. The third-order valence-electron chi connectivity index (χ3n) is 5.11. The van der Waals surface area contributed by atoms with Gasteiger partial charge < -0.3 is 19.5 Å². The van der Waals surface area contributed by atoms with Crippen LogP contribution in [0.2, 0.25) is 0 Å². The number of ether oxygens (including phenoxy) is 3. The summed E-state index contributed by atoms with van der Waals surface area (Å²) in [4.78, 5) is 16.9. The van der Waals surface area contributed by atoms with Crippen molar-refractivity contribution in [2.24, 2.45) is 0 Å². The Hall–Kier alpha value is -2.60. The highest BCUT2D eigenvalue weighted by molar-refractivity contribution is 5.94. The van der Waals surface area contributed by atoms with E-state index in [9.17, 15) is 4.79 Å². The van der Waals surface area contributed by atoms with Crippen molar-refractivity contribution in [3.8, 4) is 11.6 Å². The van der Waals surface area contributed by atoms with Crippen LogP contribution in [0.25, 0.3) is 0 Å². The van der Waals surface area contributed by atoms with Crippen LogP contribution in [0.4, 0.5) is 0 Å². The lowest BCUT2D eigenvalue weighted by Crippen LogP contribution is -2.48. The topological polar surface area (TPSA) is 69.7 Å². The first-order valence-corrected chi connectivity index (χ1v) is 8.86. The van der Waals surface area contributed by atoms with E-state index in [2.05, 4.69) is 10.3 Å². The van der Waals surface area contributed by atoms with E-state index in [1.807, 2.05) is 24.3 Å². The van der Waals surface area contributed by atoms with Crippen LogP contribution in [-0.4, -0.2) is 36.8 Å². The number of carbonyl (C=O) groups excluding carboxylic acids is 1. The van der Waals surface area contributed by atoms with Gasteiger partial charge in [0, 0.05) is 42.7 Å². The van der Waals surface area contributed by atoms with Gasteiger partial charge in [-0.25, -0.2) is 4.98 Å². The van der Waals surface area contributed by atoms with Crippen LogP contribution in [-0.2, 0) is 4.74 Å². The van der Waals surface area contributed by atoms with E-state index in [1.54, 1.807) is 18.3 Å². The van der Waals surface area contributed by atoms with Gasteiger partial charge in [-0.2, -0.15) is 0 Å². The van der Waals surface area contributed by atoms with E-state index < -0.39 is 0 Å². The van der Waals surface area contributed by atoms with E-state index in [0.29, 0.717) is 24.7 Å². The zero-order valence-electron chi connectivity index (χ0n) is 14.7. The van der Waals surface area contributed by atoms with Crippen molar-refractivity contribution in [1.29, 1.82) is 0 Å². The molecule has 0 radical (unpaired) electrons. The number of hydrogen-bond donors (Lipinski definition) is 1. The van der Waals surface area contributed by atoms with Crippen LogP contribution < -0.4 is 14.8 Å². The molecule has 1 N–H and O–H groups in total. The number of nitrogens with one attached hydrogen (secondary N) is 1. The largest absolute Gasteiger partial charge is 0.487 e. The fraction of sp³-hybridized carbons (Fsp3) is 0.400. The molecule has 1 unspecified atom stereocenters. The lowest BCUT2D eigenvalue weighted by Gasteiger charge is -2.44. The van der Waals surface area contributed by atoms with E-state index in [4.69, 9.17) is 14.2 Å². The van der Waals surface area contributed by atoms with Crippen LogP contribution in [0.3, 0.4) is 0 Å². The molecule has 2 aliphatic heterocycles. The molecule has 0 saturated carbocycles. The predicted molar refractivity (Wildman–Crippen MR) is 95.5 cm³/mol. The number of aromatic nitrogens is 1. The number of fused-ring (bicyclic) bond motifs is 1. The molecule has 136 valence electrons. The molecule has 2 aromatic rings. The number of carbonyl (C=O) groups is 1. The summed E-state index contributed by atoms with van der Waals surface area (Å²) in [5, 5.41) is 3.17. The fourth-order valence-electron chi connectivity index (χ4n) is 3.70. The maximum Gasteiger partial charge on any atom is 0.252 e. The number of hydrogen-bond acceptors (Lipinski definition) is 5. The van der Waals surface area contributed by atoms with Crippen molar-refractivity contribution < 1.29 is 19.0 Å². The molecule has 1 aromatic heterocycles. The summed E-state index contributed by atoms with van der Waals surface area (Å²) >= 11 is 0. The normalized spacial score (nSPS) is 20.7. The summed E-state index contributed by atoms with van der Waals surface area (Å²) in [6, 6.07) is 11.1. The molecular weight excluding hydrogens is 332 g/mol. The average molecular weight is 354 g/mol. The SMILES string of the molecule is COc1cc(C(=O)NC2CC3(CCOCC3)Oc3ccccc32)ccn1. The first-order chi connectivity index (χ1) is 12.7. The lowest BCUT2D eigenvalue weighted by molar-refractivity contribution is -0.0639. The number of para-hydroxylation sites is 1. The maximum absolute atomic E-state index is 12.8. The van der Waals surface area contributed by atoms with Crippen LogP contribution in [0.15, 0.2) is 42.6 Å². The minimum Gasteiger partial charge on any atom is -0.487 e. The van der Waals surface area contributed by atoms with Gasteiger partial charge in [-0.3, -0.25) is 4.79 Å². The molecule has 6 nitrogen and oxygen atoms in total. The van der Waals surface area contributed by atoms with Crippen LogP contribution in [0.1, 0.15) is 41.2 Å². The molecule has 4 rings (SSSR count). The maximum atomic E-state index is 12.8. The molecule has 1 atom stereocenters. The lowest BCUT2D eigenvalue weighted by atomic mass is 9.82. The van der Waals surface area contributed by atoms with Crippen molar-refractivity contribution in [3.63, 3.8) is 0 Å². The van der Waals surface area contributed by atoms with Gasteiger partial charge >= 0.3 is 0 Å². The van der Waals surface area contributed by atoms with Gasteiger partial charge in [0.25, 0.3) is 5.91 Å². The molecule has 2 aliphatic rings. The zero-order chi connectivity index (χ0) is 18.0. The average Bonchev–Trinajstić information content (AvgIpc) is 2.68. The number of benzene rings is 1. The first-order valence-electron chi connectivity index (χ1n) is 8.86. The highest BCUT2D eigenvalue weighted by Crippen LogP contribution is 2.43. The summed E-state index contributed by atoms with van der Waals surface area (Å²) in [6.45, 7) is 1.37. The van der Waals surface area contributed by atoms with E-state index in [1.165, 1.54) is 7.11 Å². The second-order valence-corrected chi connectivity index (χ2v) is 6.75. The van der Waals surface area contributed by atoms with E-state index in [-0.39, 0.29) is 17.6 Å². The Balaban J connectivity index is 1.60. The highest BCUT2D eigenvalue weighted by Gasteiger charge is 2.42. The summed E-state index contributed by atoms with van der Waals surface area (Å²) in [7, 11) is 1.54. The molecule has 1 fully saturated rings. The molecule has 0 bridgehead atoms. The third-order valence-corrected chi connectivity index (χ3v) is 5.11. The number of methoxy groups -OCH3 is 1. The van der Waals surface area contributed by atoms with Gasteiger partial charge in [0.05, 0.1) is 26.4 Å². The van der Waals surface area contributed by atoms with E-state index >= 15 is 0 Å². The Morgan fingerprint density at radius 1 is 1.27 bits per heavy atom. The molecule has 1 spiro atoms. The Kier molecular flexibility index (Phi) is 4.51. The fourth-order valence-corrected chi connectivity index (χ4v) is 3.70. The Morgan fingerprint density at radius 2 is 2.08 bits per heavy atom. The molecule has 3 heterocycles.